The van der Waals surface area contributed by atoms with Crippen LogP contribution in [-0.2, 0) is 0 Å². The Kier molecular flexibility index (Phi) is 6.22. The molecule has 0 atom stereocenters. The first-order valence-electron chi connectivity index (χ1n) is 6.50. The van der Waals surface area contributed by atoms with Crippen LogP contribution < -0.4 is 0 Å². The van der Waals surface area contributed by atoms with Crippen molar-refractivity contribution in [3.05, 3.63) is 12.3 Å². The molecular weight excluding hydrogens is 226 g/mol. The van der Waals surface area contributed by atoms with E-state index in [1.165, 1.54) is 19.0 Å². The third kappa shape index (κ3) is 6.01. The molecule has 0 rings (SSSR count). The Bertz CT molecular complexity index is 216. The summed E-state index contributed by atoms with van der Waals surface area (Å²) in [5, 5.41) is 0. The maximum absolute atomic E-state index is 3.97. The molecule has 0 unspecified atom stereocenters. The zero-order valence-corrected chi connectivity index (χ0v) is 14.4. The Labute approximate surface area is 105 Å². The third-order valence-electron chi connectivity index (χ3n) is 3.26. The maximum Gasteiger partial charge on any atom is 0.119 e. The van der Waals surface area contributed by atoms with Crippen LogP contribution in [0.25, 0.3) is 0 Å². The van der Waals surface area contributed by atoms with Crippen molar-refractivity contribution in [1.29, 1.82) is 0 Å². The molecule has 0 saturated heterocycles. The van der Waals surface area contributed by atoms with Crippen molar-refractivity contribution in [3.8, 4) is 0 Å². The fraction of sp³-hybridized carbons (Fsp3) is 0.846. The SMILES string of the molecule is C=C[Si](C)(C)CCCN(C(C)C)[Si](C)(C)C. The number of hydrogen-bond acceptors (Lipinski definition) is 1. The molecule has 0 heterocycles. The van der Waals surface area contributed by atoms with E-state index in [2.05, 4.69) is 63.4 Å². The zero-order chi connectivity index (χ0) is 13.0. The van der Waals surface area contributed by atoms with Gasteiger partial charge in [-0.1, -0.05) is 52.6 Å². The van der Waals surface area contributed by atoms with E-state index in [0.717, 1.165) is 0 Å². The summed E-state index contributed by atoms with van der Waals surface area (Å²) in [6, 6.07) is 2.07. The van der Waals surface area contributed by atoms with Gasteiger partial charge in [-0.05, 0) is 19.0 Å². The first-order valence-corrected chi connectivity index (χ1v) is 13.2. The molecular formula is C13H31NSi2. The van der Waals surface area contributed by atoms with Crippen molar-refractivity contribution in [1.82, 2.24) is 4.57 Å². The lowest BCUT2D eigenvalue weighted by Gasteiger charge is -2.38. The average molecular weight is 258 g/mol. The molecule has 16 heavy (non-hydrogen) atoms. The number of rotatable bonds is 7. The summed E-state index contributed by atoms with van der Waals surface area (Å²) in [6.07, 6.45) is 1.34. The van der Waals surface area contributed by atoms with Crippen molar-refractivity contribution in [2.24, 2.45) is 0 Å². The van der Waals surface area contributed by atoms with Gasteiger partial charge in [-0.25, -0.2) is 0 Å². The van der Waals surface area contributed by atoms with Crippen molar-refractivity contribution in [2.75, 3.05) is 6.54 Å². The lowest BCUT2D eigenvalue weighted by atomic mass is 10.3. The van der Waals surface area contributed by atoms with Crippen LogP contribution in [0.3, 0.4) is 0 Å². The van der Waals surface area contributed by atoms with E-state index in [1.807, 2.05) is 0 Å². The van der Waals surface area contributed by atoms with Gasteiger partial charge in [0.25, 0.3) is 0 Å². The summed E-state index contributed by atoms with van der Waals surface area (Å²) in [5.74, 6) is 0. The highest BCUT2D eigenvalue weighted by molar-refractivity contribution is 6.82. The van der Waals surface area contributed by atoms with E-state index in [4.69, 9.17) is 0 Å². The van der Waals surface area contributed by atoms with Gasteiger partial charge >= 0.3 is 0 Å². The minimum atomic E-state index is -1.13. The predicted octanol–water partition coefficient (Wildman–Crippen LogP) is 4.36. The van der Waals surface area contributed by atoms with Crippen LogP contribution in [0.5, 0.6) is 0 Å². The van der Waals surface area contributed by atoms with Gasteiger partial charge in [0.1, 0.15) is 8.24 Å². The molecule has 0 aliphatic heterocycles. The summed E-state index contributed by atoms with van der Waals surface area (Å²) in [4.78, 5) is 0. The quantitative estimate of drug-likeness (QED) is 0.613. The summed E-state index contributed by atoms with van der Waals surface area (Å²) in [5.41, 5.74) is 2.22. The van der Waals surface area contributed by atoms with Gasteiger partial charge in [0, 0.05) is 0 Å². The molecule has 0 aromatic carbocycles. The monoisotopic (exact) mass is 257 g/mol. The van der Waals surface area contributed by atoms with E-state index in [-0.39, 0.29) is 0 Å². The maximum atomic E-state index is 3.97. The van der Waals surface area contributed by atoms with Gasteiger partial charge in [0.15, 0.2) is 0 Å². The van der Waals surface area contributed by atoms with E-state index in [9.17, 15) is 0 Å². The summed E-state index contributed by atoms with van der Waals surface area (Å²) in [7, 11) is -2.22. The average Bonchev–Trinajstić information content (AvgIpc) is 2.09. The van der Waals surface area contributed by atoms with Crippen molar-refractivity contribution in [3.63, 3.8) is 0 Å². The molecule has 0 fully saturated rings. The molecule has 0 spiro atoms. The summed E-state index contributed by atoms with van der Waals surface area (Å²) in [6.45, 7) is 22.1. The van der Waals surface area contributed by atoms with Gasteiger partial charge in [-0.2, -0.15) is 0 Å². The minimum absolute atomic E-state index is 0.695. The highest BCUT2D eigenvalue weighted by Crippen LogP contribution is 2.18. The standard InChI is InChI=1S/C13H31NSi2/c1-9-16(7,8)12-10-11-14(13(2)3)15(4,5)6/h9,13H,1,10-12H2,2-8H3. The highest BCUT2D eigenvalue weighted by Gasteiger charge is 2.26. The Hall–Kier alpha value is 0.134. The molecule has 0 aliphatic rings. The Morgan fingerprint density at radius 3 is 1.94 bits per heavy atom. The van der Waals surface area contributed by atoms with Gasteiger partial charge in [0.2, 0.25) is 0 Å². The van der Waals surface area contributed by atoms with Gasteiger partial charge in [-0.15, -0.1) is 12.3 Å². The Balaban J connectivity index is 4.20. The molecule has 0 amide bonds. The number of hydrogen-bond donors (Lipinski definition) is 0. The van der Waals surface area contributed by atoms with Crippen LogP contribution in [0.2, 0.25) is 38.8 Å². The largest absolute Gasteiger partial charge is 0.322 e. The second-order valence-electron chi connectivity index (χ2n) is 6.75. The molecule has 0 aliphatic carbocycles. The van der Waals surface area contributed by atoms with Crippen LogP contribution in [0.4, 0.5) is 0 Å². The molecule has 0 bridgehead atoms. The van der Waals surface area contributed by atoms with Crippen molar-refractivity contribution in [2.45, 2.75) is 65.1 Å². The van der Waals surface area contributed by atoms with Crippen molar-refractivity contribution < 1.29 is 0 Å². The minimum Gasteiger partial charge on any atom is -0.322 e. The number of nitrogens with zero attached hydrogens (tertiary/aromatic N) is 1. The summed E-state index contributed by atoms with van der Waals surface area (Å²) < 4.78 is 2.74. The van der Waals surface area contributed by atoms with Crippen LogP contribution in [0.15, 0.2) is 12.3 Å². The van der Waals surface area contributed by atoms with E-state index in [0.29, 0.717) is 6.04 Å². The topological polar surface area (TPSA) is 3.24 Å². The third-order valence-corrected chi connectivity index (χ3v) is 8.47. The molecule has 0 radical (unpaired) electrons. The lowest BCUT2D eigenvalue weighted by molar-refractivity contribution is 0.353. The van der Waals surface area contributed by atoms with Crippen LogP contribution in [-0.4, -0.2) is 33.5 Å². The fourth-order valence-corrected chi connectivity index (χ4v) is 5.83. The molecule has 1 nitrogen and oxygen atoms in total. The molecule has 3 heteroatoms. The highest BCUT2D eigenvalue weighted by atomic mass is 28.3. The molecule has 0 saturated carbocycles. The Morgan fingerprint density at radius 2 is 1.62 bits per heavy atom. The lowest BCUT2D eigenvalue weighted by Crippen LogP contribution is -2.50. The first-order chi connectivity index (χ1) is 7.10. The fourth-order valence-electron chi connectivity index (χ4n) is 2.18. The second kappa shape index (κ2) is 6.17. The molecule has 0 aromatic heterocycles. The van der Waals surface area contributed by atoms with Gasteiger partial charge in [-0.3, -0.25) is 0 Å². The smallest absolute Gasteiger partial charge is 0.119 e. The Morgan fingerprint density at radius 1 is 1.12 bits per heavy atom. The molecule has 0 N–H and O–H groups in total. The molecule has 0 aromatic rings. The van der Waals surface area contributed by atoms with E-state index < -0.39 is 16.3 Å². The summed E-state index contributed by atoms with van der Waals surface area (Å²) >= 11 is 0. The zero-order valence-electron chi connectivity index (χ0n) is 12.4. The van der Waals surface area contributed by atoms with E-state index >= 15 is 0 Å². The normalized spacial score (nSPS) is 13.6. The second-order valence-corrected chi connectivity index (χ2v) is 16.6. The predicted molar refractivity (Wildman–Crippen MR) is 82.3 cm³/mol. The molecule has 96 valence electrons. The van der Waals surface area contributed by atoms with Crippen LogP contribution in [0.1, 0.15) is 20.3 Å². The first kappa shape index (κ1) is 16.1. The van der Waals surface area contributed by atoms with E-state index in [1.54, 1.807) is 0 Å². The van der Waals surface area contributed by atoms with Gasteiger partial charge < -0.3 is 4.57 Å². The van der Waals surface area contributed by atoms with Crippen LogP contribution >= 0.6 is 0 Å². The van der Waals surface area contributed by atoms with Gasteiger partial charge in [0.05, 0.1) is 8.07 Å². The van der Waals surface area contributed by atoms with Crippen molar-refractivity contribution >= 4 is 16.3 Å². The van der Waals surface area contributed by atoms with Crippen LogP contribution in [0, 0.1) is 0 Å².